The third kappa shape index (κ3) is 2.48. The highest BCUT2D eigenvalue weighted by molar-refractivity contribution is 5.41. The summed E-state index contributed by atoms with van der Waals surface area (Å²) < 4.78 is 0. The summed E-state index contributed by atoms with van der Waals surface area (Å²) in [4.78, 5) is 11.2. The SMILES string of the molecule is N[C@@H]1CCN(c2cc(C3CCCCC3)ncn2)C1. The van der Waals surface area contributed by atoms with Crippen LogP contribution in [-0.4, -0.2) is 29.1 Å². The lowest BCUT2D eigenvalue weighted by Crippen LogP contribution is -2.27. The Bertz CT molecular complexity index is 381. The van der Waals surface area contributed by atoms with Gasteiger partial charge in [-0.05, 0) is 19.3 Å². The zero-order valence-electron chi connectivity index (χ0n) is 10.9. The maximum Gasteiger partial charge on any atom is 0.132 e. The third-order valence-electron chi connectivity index (χ3n) is 4.25. The molecule has 2 N–H and O–H groups in total. The van der Waals surface area contributed by atoms with Crippen LogP contribution in [0.4, 0.5) is 5.82 Å². The van der Waals surface area contributed by atoms with Crippen LogP contribution < -0.4 is 10.6 Å². The van der Waals surface area contributed by atoms with E-state index in [4.69, 9.17) is 5.73 Å². The van der Waals surface area contributed by atoms with E-state index >= 15 is 0 Å². The average molecular weight is 246 g/mol. The van der Waals surface area contributed by atoms with E-state index in [0.717, 1.165) is 25.3 Å². The van der Waals surface area contributed by atoms with Gasteiger partial charge >= 0.3 is 0 Å². The maximum atomic E-state index is 5.96. The number of nitrogens with zero attached hydrogens (tertiary/aromatic N) is 3. The number of hydrogen-bond donors (Lipinski definition) is 1. The Morgan fingerprint density at radius 1 is 1.11 bits per heavy atom. The lowest BCUT2D eigenvalue weighted by atomic mass is 9.87. The Hall–Kier alpha value is -1.16. The molecule has 4 nitrogen and oxygen atoms in total. The van der Waals surface area contributed by atoms with Crippen molar-refractivity contribution in [2.45, 2.75) is 50.5 Å². The van der Waals surface area contributed by atoms with Crippen molar-refractivity contribution >= 4 is 5.82 Å². The van der Waals surface area contributed by atoms with E-state index < -0.39 is 0 Å². The van der Waals surface area contributed by atoms with Gasteiger partial charge in [-0.25, -0.2) is 9.97 Å². The van der Waals surface area contributed by atoms with Crippen molar-refractivity contribution in [3.05, 3.63) is 18.1 Å². The lowest BCUT2D eigenvalue weighted by Gasteiger charge is -2.23. The number of hydrogen-bond acceptors (Lipinski definition) is 4. The second-order valence-electron chi connectivity index (χ2n) is 5.63. The van der Waals surface area contributed by atoms with Crippen molar-refractivity contribution in [1.82, 2.24) is 9.97 Å². The minimum absolute atomic E-state index is 0.304. The maximum absolute atomic E-state index is 5.96. The molecule has 1 aromatic heterocycles. The molecule has 3 rings (SSSR count). The Morgan fingerprint density at radius 2 is 1.94 bits per heavy atom. The standard InChI is InChI=1S/C14H22N4/c15-12-6-7-18(9-12)14-8-13(16-10-17-14)11-4-2-1-3-5-11/h8,10-12H,1-7,9,15H2/t12-/m1/s1. The van der Waals surface area contributed by atoms with Gasteiger partial charge in [-0.1, -0.05) is 19.3 Å². The topological polar surface area (TPSA) is 55.0 Å². The van der Waals surface area contributed by atoms with Gasteiger partial charge in [-0.2, -0.15) is 0 Å². The first-order chi connectivity index (χ1) is 8.83. The summed E-state index contributed by atoms with van der Waals surface area (Å²) in [6, 6.07) is 2.49. The Kier molecular flexibility index (Phi) is 3.46. The molecule has 2 heterocycles. The molecule has 0 aromatic carbocycles. The van der Waals surface area contributed by atoms with Crippen LogP contribution in [0, 0.1) is 0 Å². The molecule has 18 heavy (non-hydrogen) atoms. The Balaban J connectivity index is 1.76. The van der Waals surface area contributed by atoms with Crippen molar-refractivity contribution in [3.63, 3.8) is 0 Å². The van der Waals surface area contributed by atoms with Crippen molar-refractivity contribution in [2.75, 3.05) is 18.0 Å². The van der Waals surface area contributed by atoms with E-state index in [2.05, 4.69) is 20.9 Å². The van der Waals surface area contributed by atoms with Gasteiger partial charge in [0.2, 0.25) is 0 Å². The molecule has 2 fully saturated rings. The predicted molar refractivity (Wildman–Crippen MR) is 72.7 cm³/mol. The molecule has 1 saturated heterocycles. The van der Waals surface area contributed by atoms with Gasteiger partial charge in [0.25, 0.3) is 0 Å². The average Bonchev–Trinajstić information content (AvgIpc) is 2.87. The molecule has 2 aliphatic rings. The third-order valence-corrected chi connectivity index (χ3v) is 4.25. The summed E-state index contributed by atoms with van der Waals surface area (Å²) in [5.74, 6) is 1.72. The molecular weight excluding hydrogens is 224 g/mol. The quantitative estimate of drug-likeness (QED) is 0.868. The van der Waals surface area contributed by atoms with Gasteiger partial charge in [-0.15, -0.1) is 0 Å². The van der Waals surface area contributed by atoms with Crippen molar-refractivity contribution in [3.8, 4) is 0 Å². The van der Waals surface area contributed by atoms with Crippen molar-refractivity contribution in [2.24, 2.45) is 5.73 Å². The highest BCUT2D eigenvalue weighted by Crippen LogP contribution is 2.32. The molecular formula is C14H22N4. The second-order valence-corrected chi connectivity index (χ2v) is 5.63. The minimum atomic E-state index is 0.304. The van der Waals surface area contributed by atoms with Crippen LogP contribution in [0.5, 0.6) is 0 Å². The molecule has 0 bridgehead atoms. The van der Waals surface area contributed by atoms with Gasteiger partial charge in [-0.3, -0.25) is 0 Å². The normalized spacial score (nSPS) is 25.6. The summed E-state index contributed by atoms with van der Waals surface area (Å²) >= 11 is 0. The first-order valence-corrected chi connectivity index (χ1v) is 7.15. The van der Waals surface area contributed by atoms with Crippen LogP contribution in [0.15, 0.2) is 12.4 Å². The van der Waals surface area contributed by atoms with Crippen molar-refractivity contribution < 1.29 is 0 Å². The fourth-order valence-electron chi connectivity index (χ4n) is 3.15. The number of rotatable bonds is 2. The van der Waals surface area contributed by atoms with E-state index in [-0.39, 0.29) is 0 Å². The number of anilines is 1. The van der Waals surface area contributed by atoms with E-state index in [1.807, 2.05) is 0 Å². The van der Waals surface area contributed by atoms with Gasteiger partial charge in [0.1, 0.15) is 12.1 Å². The van der Waals surface area contributed by atoms with Crippen LogP contribution in [-0.2, 0) is 0 Å². The van der Waals surface area contributed by atoms with E-state index in [1.165, 1.54) is 37.8 Å². The molecule has 4 heteroatoms. The fourth-order valence-corrected chi connectivity index (χ4v) is 3.15. The lowest BCUT2D eigenvalue weighted by molar-refractivity contribution is 0.436. The Labute approximate surface area is 109 Å². The molecule has 1 atom stereocenters. The summed E-state index contributed by atoms with van der Waals surface area (Å²) in [6.07, 6.45) is 9.45. The highest BCUT2D eigenvalue weighted by Gasteiger charge is 2.22. The molecule has 1 aliphatic carbocycles. The summed E-state index contributed by atoms with van der Waals surface area (Å²) in [7, 11) is 0. The van der Waals surface area contributed by atoms with Gasteiger partial charge in [0.05, 0.1) is 0 Å². The molecule has 0 unspecified atom stereocenters. The van der Waals surface area contributed by atoms with E-state index in [0.29, 0.717) is 12.0 Å². The summed E-state index contributed by atoms with van der Waals surface area (Å²) in [5, 5.41) is 0. The number of nitrogens with two attached hydrogens (primary N) is 1. The first kappa shape index (κ1) is 11.9. The molecule has 0 radical (unpaired) electrons. The van der Waals surface area contributed by atoms with Gasteiger partial charge in [0.15, 0.2) is 0 Å². The molecule has 1 saturated carbocycles. The first-order valence-electron chi connectivity index (χ1n) is 7.15. The highest BCUT2D eigenvalue weighted by atomic mass is 15.2. The zero-order valence-corrected chi connectivity index (χ0v) is 10.9. The van der Waals surface area contributed by atoms with Crippen LogP contribution in [0.3, 0.4) is 0 Å². The van der Waals surface area contributed by atoms with Crippen LogP contribution in [0.2, 0.25) is 0 Å². The van der Waals surface area contributed by atoms with Crippen LogP contribution in [0.25, 0.3) is 0 Å². The van der Waals surface area contributed by atoms with E-state index in [9.17, 15) is 0 Å². The molecule has 1 aliphatic heterocycles. The smallest absolute Gasteiger partial charge is 0.132 e. The molecule has 1 aromatic rings. The monoisotopic (exact) mass is 246 g/mol. The molecule has 0 amide bonds. The zero-order chi connectivity index (χ0) is 12.4. The van der Waals surface area contributed by atoms with Crippen LogP contribution in [0.1, 0.15) is 50.1 Å². The fraction of sp³-hybridized carbons (Fsp3) is 0.714. The summed E-state index contributed by atoms with van der Waals surface area (Å²) in [5.41, 5.74) is 7.19. The van der Waals surface area contributed by atoms with Crippen LogP contribution >= 0.6 is 0 Å². The largest absolute Gasteiger partial charge is 0.355 e. The number of aromatic nitrogens is 2. The van der Waals surface area contributed by atoms with Crippen molar-refractivity contribution in [1.29, 1.82) is 0 Å². The summed E-state index contributed by atoms with van der Waals surface area (Å²) in [6.45, 7) is 1.96. The van der Waals surface area contributed by atoms with E-state index in [1.54, 1.807) is 6.33 Å². The predicted octanol–water partition coefficient (Wildman–Crippen LogP) is 2.06. The molecule has 0 spiro atoms. The van der Waals surface area contributed by atoms with Gasteiger partial charge < -0.3 is 10.6 Å². The molecule has 98 valence electrons. The van der Waals surface area contributed by atoms with Gasteiger partial charge in [0, 0.05) is 36.8 Å². The minimum Gasteiger partial charge on any atom is -0.355 e. The second kappa shape index (κ2) is 5.22. The Morgan fingerprint density at radius 3 is 2.67 bits per heavy atom.